The Labute approximate surface area is 68.3 Å². The van der Waals surface area contributed by atoms with Crippen molar-refractivity contribution in [2.24, 2.45) is 5.92 Å². The lowest BCUT2D eigenvalue weighted by Crippen LogP contribution is -2.40. The van der Waals surface area contributed by atoms with Crippen molar-refractivity contribution < 1.29 is 18.0 Å². The van der Waals surface area contributed by atoms with Crippen LogP contribution in [0.5, 0.6) is 0 Å². The third kappa shape index (κ3) is 1.70. The minimum absolute atomic E-state index is 0.209. The Morgan fingerprint density at radius 1 is 1.50 bits per heavy atom. The Hall–Kier alpha value is -0.740. The van der Waals surface area contributed by atoms with Gasteiger partial charge in [-0.15, -0.1) is 0 Å². The lowest BCUT2D eigenvalue weighted by molar-refractivity contribution is -0.184. The van der Waals surface area contributed by atoms with Crippen LogP contribution in [0.4, 0.5) is 13.2 Å². The number of alkyl halides is 3. The quantitative estimate of drug-likeness (QED) is 0.599. The van der Waals surface area contributed by atoms with Gasteiger partial charge in [0.15, 0.2) is 0 Å². The number of nitrogens with zero attached hydrogens (tertiary/aromatic N) is 1. The van der Waals surface area contributed by atoms with E-state index in [1.54, 1.807) is 0 Å². The third-order valence-electron chi connectivity index (χ3n) is 2.13. The van der Waals surface area contributed by atoms with E-state index >= 15 is 0 Å². The summed E-state index contributed by atoms with van der Waals surface area (Å²) in [4.78, 5) is 11.4. The average molecular weight is 181 g/mol. The number of carbonyl (C=O) groups excluding carboxylic acids is 1. The number of carbonyl (C=O) groups is 1. The van der Waals surface area contributed by atoms with Gasteiger partial charge in [-0.1, -0.05) is 6.92 Å². The van der Waals surface area contributed by atoms with Crippen LogP contribution in [-0.4, -0.2) is 30.1 Å². The van der Waals surface area contributed by atoms with Gasteiger partial charge in [-0.05, 0) is 12.3 Å². The van der Waals surface area contributed by atoms with Gasteiger partial charge in [-0.3, -0.25) is 4.79 Å². The number of amides is 1. The molecule has 0 aromatic carbocycles. The molecule has 0 N–H and O–H groups in total. The largest absolute Gasteiger partial charge is 0.471 e. The SMILES string of the molecule is C[C@@H]1C[C@H]1N(C)C(=O)C(F)(F)F. The summed E-state index contributed by atoms with van der Waals surface area (Å²) in [7, 11) is 1.20. The Bertz CT molecular complexity index is 201. The zero-order chi connectivity index (χ0) is 9.52. The standard InChI is InChI=1S/C7H10F3NO/c1-4-3-5(4)11(2)6(12)7(8,9)10/h4-5H,3H2,1-2H3/t4-,5-/m1/s1. The molecule has 1 saturated carbocycles. The average Bonchev–Trinajstić information content (AvgIpc) is 2.62. The van der Waals surface area contributed by atoms with Crippen molar-refractivity contribution in [1.82, 2.24) is 4.90 Å². The van der Waals surface area contributed by atoms with Gasteiger partial charge in [0.25, 0.3) is 0 Å². The van der Waals surface area contributed by atoms with Crippen LogP contribution in [0.15, 0.2) is 0 Å². The predicted molar refractivity (Wildman–Crippen MR) is 36.4 cm³/mol. The molecular weight excluding hydrogens is 171 g/mol. The van der Waals surface area contributed by atoms with Gasteiger partial charge in [0, 0.05) is 13.1 Å². The second-order valence-electron chi connectivity index (χ2n) is 3.19. The summed E-state index contributed by atoms with van der Waals surface area (Å²) in [5.74, 6) is -1.53. The molecule has 0 aromatic rings. The highest BCUT2D eigenvalue weighted by molar-refractivity contribution is 5.82. The molecule has 1 fully saturated rings. The van der Waals surface area contributed by atoms with Crippen molar-refractivity contribution in [3.8, 4) is 0 Å². The molecule has 12 heavy (non-hydrogen) atoms. The van der Waals surface area contributed by atoms with E-state index in [2.05, 4.69) is 0 Å². The topological polar surface area (TPSA) is 20.3 Å². The molecule has 0 bridgehead atoms. The first-order chi connectivity index (χ1) is 5.34. The van der Waals surface area contributed by atoms with E-state index in [0.29, 0.717) is 6.42 Å². The van der Waals surface area contributed by atoms with E-state index < -0.39 is 12.1 Å². The Balaban J connectivity index is 2.53. The molecule has 70 valence electrons. The van der Waals surface area contributed by atoms with Crippen molar-refractivity contribution >= 4 is 5.91 Å². The lowest BCUT2D eigenvalue weighted by atomic mass is 10.4. The molecule has 1 aliphatic carbocycles. The van der Waals surface area contributed by atoms with E-state index in [1.807, 2.05) is 6.92 Å². The molecule has 0 radical (unpaired) electrons. The summed E-state index contributed by atoms with van der Waals surface area (Å²) in [5.41, 5.74) is 0. The van der Waals surface area contributed by atoms with Gasteiger partial charge in [0.05, 0.1) is 0 Å². The summed E-state index contributed by atoms with van der Waals surface area (Å²) in [5, 5.41) is 0. The zero-order valence-electron chi connectivity index (χ0n) is 6.85. The van der Waals surface area contributed by atoms with Gasteiger partial charge in [-0.25, -0.2) is 0 Å². The van der Waals surface area contributed by atoms with E-state index in [1.165, 1.54) is 7.05 Å². The summed E-state index contributed by atoms with van der Waals surface area (Å²) >= 11 is 0. The minimum Gasteiger partial charge on any atom is -0.335 e. The molecule has 1 amide bonds. The fraction of sp³-hybridized carbons (Fsp3) is 0.857. The minimum atomic E-state index is -4.73. The van der Waals surface area contributed by atoms with Crippen LogP contribution in [0, 0.1) is 5.92 Å². The monoisotopic (exact) mass is 181 g/mol. The maximum atomic E-state index is 11.8. The molecule has 0 heterocycles. The first-order valence-electron chi connectivity index (χ1n) is 3.68. The number of hydrogen-bond acceptors (Lipinski definition) is 1. The van der Waals surface area contributed by atoms with Crippen LogP contribution in [-0.2, 0) is 4.79 Å². The molecule has 0 spiro atoms. The molecule has 1 aliphatic rings. The summed E-state index contributed by atoms with van der Waals surface area (Å²) < 4.78 is 35.5. The van der Waals surface area contributed by atoms with Gasteiger partial charge >= 0.3 is 12.1 Å². The number of halogens is 3. The summed E-state index contributed by atoms with van der Waals surface area (Å²) in [6.07, 6.45) is -4.05. The molecule has 0 unspecified atom stereocenters. The van der Waals surface area contributed by atoms with Crippen molar-refractivity contribution in [3.05, 3.63) is 0 Å². The van der Waals surface area contributed by atoms with E-state index in [0.717, 1.165) is 4.90 Å². The van der Waals surface area contributed by atoms with Crippen LogP contribution in [0.3, 0.4) is 0 Å². The van der Waals surface area contributed by atoms with Crippen molar-refractivity contribution in [2.45, 2.75) is 25.6 Å². The first-order valence-corrected chi connectivity index (χ1v) is 3.68. The van der Waals surface area contributed by atoms with Crippen LogP contribution < -0.4 is 0 Å². The van der Waals surface area contributed by atoms with Gasteiger partial charge < -0.3 is 4.90 Å². The van der Waals surface area contributed by atoms with Crippen molar-refractivity contribution in [2.75, 3.05) is 7.05 Å². The van der Waals surface area contributed by atoms with E-state index in [-0.39, 0.29) is 12.0 Å². The molecule has 2 nitrogen and oxygen atoms in total. The lowest BCUT2D eigenvalue weighted by Gasteiger charge is -2.18. The predicted octanol–water partition coefficient (Wildman–Crippen LogP) is 1.42. The van der Waals surface area contributed by atoms with Crippen LogP contribution in [0.2, 0.25) is 0 Å². The van der Waals surface area contributed by atoms with E-state index in [9.17, 15) is 18.0 Å². The zero-order valence-corrected chi connectivity index (χ0v) is 6.85. The fourth-order valence-electron chi connectivity index (χ4n) is 1.19. The second-order valence-corrected chi connectivity index (χ2v) is 3.19. The Morgan fingerprint density at radius 3 is 2.17 bits per heavy atom. The molecular formula is C7H10F3NO. The Kier molecular flexibility index (Phi) is 2.06. The molecule has 0 aromatic heterocycles. The van der Waals surface area contributed by atoms with Crippen LogP contribution in [0.25, 0.3) is 0 Å². The number of rotatable bonds is 1. The normalized spacial score (nSPS) is 28.4. The fourth-order valence-corrected chi connectivity index (χ4v) is 1.19. The van der Waals surface area contributed by atoms with Gasteiger partial charge in [0.2, 0.25) is 0 Å². The second kappa shape index (κ2) is 2.64. The molecule has 5 heteroatoms. The molecule has 1 rings (SSSR count). The highest BCUT2D eigenvalue weighted by atomic mass is 19.4. The molecule has 0 saturated heterocycles. The summed E-state index contributed by atoms with van der Waals surface area (Å²) in [6.45, 7) is 1.82. The molecule has 2 atom stereocenters. The maximum Gasteiger partial charge on any atom is 0.471 e. The summed E-state index contributed by atoms with van der Waals surface area (Å²) in [6, 6.07) is -0.209. The van der Waals surface area contributed by atoms with Crippen molar-refractivity contribution in [3.63, 3.8) is 0 Å². The smallest absolute Gasteiger partial charge is 0.335 e. The van der Waals surface area contributed by atoms with Gasteiger partial charge in [0.1, 0.15) is 0 Å². The Morgan fingerprint density at radius 2 is 1.92 bits per heavy atom. The highest BCUT2D eigenvalue weighted by Crippen LogP contribution is 2.35. The number of hydrogen-bond donors (Lipinski definition) is 0. The first kappa shape index (κ1) is 9.35. The molecule has 0 aliphatic heterocycles. The van der Waals surface area contributed by atoms with E-state index in [4.69, 9.17) is 0 Å². The van der Waals surface area contributed by atoms with Crippen molar-refractivity contribution in [1.29, 1.82) is 0 Å². The van der Waals surface area contributed by atoms with Crippen LogP contribution >= 0.6 is 0 Å². The highest BCUT2D eigenvalue weighted by Gasteiger charge is 2.48. The maximum absolute atomic E-state index is 11.8. The third-order valence-corrected chi connectivity index (χ3v) is 2.13. The van der Waals surface area contributed by atoms with Gasteiger partial charge in [-0.2, -0.15) is 13.2 Å². The van der Waals surface area contributed by atoms with Crippen LogP contribution in [0.1, 0.15) is 13.3 Å².